The molecule has 0 aromatic heterocycles. The smallest absolute Gasteiger partial charge is 0.344 e. The first kappa shape index (κ1) is 17.5. The van der Waals surface area contributed by atoms with E-state index in [1.807, 2.05) is 0 Å². The molecule has 1 aromatic rings. The van der Waals surface area contributed by atoms with Crippen molar-refractivity contribution in [3.05, 3.63) is 30.4 Å². The summed E-state index contributed by atoms with van der Waals surface area (Å²) in [7, 11) is 2.69. The van der Waals surface area contributed by atoms with Crippen molar-refractivity contribution in [1.29, 1.82) is 0 Å². The molecule has 0 aliphatic rings. The van der Waals surface area contributed by atoms with E-state index in [1.165, 1.54) is 39.3 Å². The summed E-state index contributed by atoms with van der Waals surface area (Å²) < 4.78 is 19.8. The summed E-state index contributed by atoms with van der Waals surface area (Å²) in [6, 6.07) is 4.02. The molecule has 1 rings (SSSR count). The van der Waals surface area contributed by atoms with Crippen LogP contribution in [0.2, 0.25) is 0 Å². The van der Waals surface area contributed by atoms with E-state index in [9.17, 15) is 14.7 Å². The summed E-state index contributed by atoms with van der Waals surface area (Å²) in [4.78, 5) is 23.2. The third kappa shape index (κ3) is 5.10. The van der Waals surface area contributed by atoms with Crippen LogP contribution in [-0.2, 0) is 19.1 Å². The SMILES string of the molecule is C=C(C)C(=O)OCC(OC)C(=O)Oc1cc(O)cc(OC)c1. The van der Waals surface area contributed by atoms with E-state index < -0.39 is 18.0 Å². The minimum absolute atomic E-state index is 0.0788. The standard InChI is InChI=1S/C15H18O7/c1-9(2)14(17)21-8-13(20-4)15(18)22-12-6-10(16)5-11(7-12)19-3/h5-7,13,16H,1,8H2,2-4H3. The highest BCUT2D eigenvalue weighted by Crippen LogP contribution is 2.26. The van der Waals surface area contributed by atoms with Crippen LogP contribution in [0.15, 0.2) is 30.4 Å². The van der Waals surface area contributed by atoms with Gasteiger partial charge in [0.25, 0.3) is 0 Å². The lowest BCUT2D eigenvalue weighted by Crippen LogP contribution is -2.33. The molecule has 1 atom stereocenters. The molecule has 0 spiro atoms. The zero-order valence-corrected chi connectivity index (χ0v) is 12.6. The van der Waals surface area contributed by atoms with Crippen LogP contribution in [0.1, 0.15) is 6.92 Å². The first-order chi connectivity index (χ1) is 10.4. The molecule has 1 unspecified atom stereocenters. The van der Waals surface area contributed by atoms with Crippen LogP contribution < -0.4 is 9.47 Å². The van der Waals surface area contributed by atoms with Crippen LogP contribution in [0.4, 0.5) is 0 Å². The number of hydrogen-bond acceptors (Lipinski definition) is 7. The molecule has 22 heavy (non-hydrogen) atoms. The second kappa shape index (κ2) is 8.04. The summed E-state index contributed by atoms with van der Waals surface area (Å²) in [5, 5.41) is 9.49. The van der Waals surface area contributed by atoms with E-state index in [0.717, 1.165) is 0 Å². The highest BCUT2D eigenvalue weighted by molar-refractivity contribution is 5.87. The number of methoxy groups -OCH3 is 2. The Bertz CT molecular complexity index is 565. The van der Waals surface area contributed by atoms with Crippen LogP contribution in [0, 0.1) is 0 Å². The van der Waals surface area contributed by atoms with Crippen LogP contribution in [0.3, 0.4) is 0 Å². The Balaban J connectivity index is 2.70. The number of carbonyl (C=O) groups is 2. The first-order valence-corrected chi connectivity index (χ1v) is 6.32. The van der Waals surface area contributed by atoms with Crippen molar-refractivity contribution in [2.45, 2.75) is 13.0 Å². The van der Waals surface area contributed by atoms with Gasteiger partial charge in [-0.2, -0.15) is 0 Å². The number of phenols is 1. The molecule has 0 amide bonds. The highest BCUT2D eigenvalue weighted by Gasteiger charge is 2.23. The Hall–Kier alpha value is -2.54. The van der Waals surface area contributed by atoms with Crippen molar-refractivity contribution >= 4 is 11.9 Å². The van der Waals surface area contributed by atoms with E-state index in [0.29, 0.717) is 5.75 Å². The second-order valence-electron chi connectivity index (χ2n) is 4.39. The quantitative estimate of drug-likeness (QED) is 0.463. The molecule has 0 aliphatic heterocycles. The maximum Gasteiger partial charge on any atom is 0.344 e. The zero-order chi connectivity index (χ0) is 16.7. The summed E-state index contributed by atoms with van der Waals surface area (Å²) in [5.41, 5.74) is 0.209. The molecule has 0 heterocycles. The minimum atomic E-state index is -1.10. The summed E-state index contributed by atoms with van der Waals surface area (Å²) in [6.45, 7) is 4.61. The molecule has 1 aromatic carbocycles. The van der Waals surface area contributed by atoms with Gasteiger partial charge in [0.15, 0.2) is 6.10 Å². The van der Waals surface area contributed by atoms with E-state index in [4.69, 9.17) is 18.9 Å². The molecular formula is C15H18O7. The second-order valence-corrected chi connectivity index (χ2v) is 4.39. The third-order valence-corrected chi connectivity index (χ3v) is 2.58. The maximum atomic E-state index is 12.0. The first-order valence-electron chi connectivity index (χ1n) is 6.32. The van der Waals surface area contributed by atoms with Gasteiger partial charge in [0.2, 0.25) is 0 Å². The molecule has 7 nitrogen and oxygen atoms in total. The Kier molecular flexibility index (Phi) is 6.40. The molecule has 0 saturated carbocycles. The molecule has 0 saturated heterocycles. The van der Waals surface area contributed by atoms with Crippen molar-refractivity contribution in [3.63, 3.8) is 0 Å². The number of esters is 2. The monoisotopic (exact) mass is 310 g/mol. The number of ether oxygens (including phenoxy) is 4. The summed E-state index contributed by atoms with van der Waals surface area (Å²) in [5.74, 6) is -1.12. The fourth-order valence-corrected chi connectivity index (χ4v) is 1.42. The minimum Gasteiger partial charge on any atom is -0.508 e. The van der Waals surface area contributed by atoms with Gasteiger partial charge in [-0.1, -0.05) is 6.58 Å². The van der Waals surface area contributed by atoms with Gasteiger partial charge >= 0.3 is 11.9 Å². The third-order valence-electron chi connectivity index (χ3n) is 2.58. The molecule has 0 bridgehead atoms. The van der Waals surface area contributed by atoms with Gasteiger partial charge in [-0.3, -0.25) is 0 Å². The average Bonchev–Trinajstić information content (AvgIpc) is 2.46. The van der Waals surface area contributed by atoms with Gasteiger partial charge < -0.3 is 24.1 Å². The van der Waals surface area contributed by atoms with Crippen LogP contribution in [0.5, 0.6) is 17.2 Å². The van der Waals surface area contributed by atoms with Gasteiger partial charge in [-0.05, 0) is 6.92 Å². The fraction of sp³-hybridized carbons (Fsp3) is 0.333. The number of phenolic OH excluding ortho intramolecular Hbond substituents is 1. The summed E-state index contributed by atoms with van der Waals surface area (Å²) in [6.07, 6.45) is -1.10. The van der Waals surface area contributed by atoms with Gasteiger partial charge in [0.05, 0.1) is 7.11 Å². The van der Waals surface area contributed by atoms with Crippen molar-refractivity contribution in [2.24, 2.45) is 0 Å². The Morgan fingerprint density at radius 2 is 1.86 bits per heavy atom. The van der Waals surface area contributed by atoms with Crippen molar-refractivity contribution in [1.82, 2.24) is 0 Å². The van der Waals surface area contributed by atoms with E-state index >= 15 is 0 Å². The lowest BCUT2D eigenvalue weighted by Gasteiger charge is -2.15. The predicted octanol–water partition coefficient (Wildman–Crippen LogP) is 1.44. The molecule has 120 valence electrons. The van der Waals surface area contributed by atoms with Gasteiger partial charge in [-0.25, -0.2) is 9.59 Å². The molecular weight excluding hydrogens is 292 g/mol. The summed E-state index contributed by atoms with van der Waals surface area (Å²) >= 11 is 0. The molecule has 7 heteroatoms. The van der Waals surface area contributed by atoms with Crippen LogP contribution in [-0.4, -0.2) is 44.0 Å². The largest absolute Gasteiger partial charge is 0.508 e. The van der Waals surface area contributed by atoms with Crippen LogP contribution in [0.25, 0.3) is 0 Å². The lowest BCUT2D eigenvalue weighted by molar-refractivity contribution is -0.154. The van der Waals surface area contributed by atoms with Crippen LogP contribution >= 0.6 is 0 Å². The van der Waals surface area contributed by atoms with Gasteiger partial charge in [0.1, 0.15) is 23.9 Å². The van der Waals surface area contributed by atoms with Gasteiger partial charge in [0, 0.05) is 30.9 Å². The van der Waals surface area contributed by atoms with Gasteiger partial charge in [-0.15, -0.1) is 0 Å². The number of aromatic hydroxyl groups is 1. The predicted molar refractivity (Wildman–Crippen MR) is 76.9 cm³/mol. The fourth-order valence-electron chi connectivity index (χ4n) is 1.42. The lowest BCUT2D eigenvalue weighted by atomic mass is 10.3. The number of carbonyl (C=O) groups excluding carboxylic acids is 2. The molecule has 0 radical (unpaired) electrons. The Morgan fingerprint density at radius 3 is 2.41 bits per heavy atom. The van der Waals surface area contributed by atoms with Crippen molar-refractivity contribution < 1.29 is 33.6 Å². The average molecular weight is 310 g/mol. The van der Waals surface area contributed by atoms with E-state index in [2.05, 4.69) is 6.58 Å². The Labute approximate surface area is 128 Å². The zero-order valence-electron chi connectivity index (χ0n) is 12.6. The van der Waals surface area contributed by atoms with E-state index in [1.54, 1.807) is 0 Å². The van der Waals surface area contributed by atoms with Crippen molar-refractivity contribution in [3.8, 4) is 17.2 Å². The molecule has 1 N–H and O–H groups in total. The Morgan fingerprint density at radius 1 is 1.23 bits per heavy atom. The maximum absolute atomic E-state index is 12.0. The number of rotatable bonds is 7. The number of benzene rings is 1. The normalized spacial score (nSPS) is 11.4. The highest BCUT2D eigenvalue weighted by atomic mass is 16.6. The van der Waals surface area contributed by atoms with E-state index in [-0.39, 0.29) is 23.7 Å². The number of hydrogen-bond donors (Lipinski definition) is 1. The molecule has 0 aliphatic carbocycles. The molecule has 0 fully saturated rings. The topological polar surface area (TPSA) is 91.3 Å². The van der Waals surface area contributed by atoms with Crippen molar-refractivity contribution in [2.75, 3.05) is 20.8 Å².